The van der Waals surface area contributed by atoms with E-state index in [4.69, 9.17) is 10.5 Å². The number of hydrogen-bond acceptors (Lipinski definition) is 3. The third kappa shape index (κ3) is 6.50. The molecule has 0 saturated heterocycles. The van der Waals surface area contributed by atoms with Crippen LogP contribution in [0.25, 0.3) is 0 Å². The van der Waals surface area contributed by atoms with Gasteiger partial charge in [0.05, 0.1) is 13.2 Å². The molecule has 0 amide bonds. The van der Waals surface area contributed by atoms with E-state index in [0.29, 0.717) is 0 Å². The van der Waals surface area contributed by atoms with Crippen molar-refractivity contribution in [3.63, 3.8) is 0 Å². The second kappa shape index (κ2) is 9.79. The Hall–Kier alpha value is -1.78. The average molecular weight is 359 g/mol. The van der Waals surface area contributed by atoms with E-state index in [-0.39, 0.29) is 6.61 Å². The lowest BCUT2D eigenvalue weighted by Gasteiger charge is -2.21. The number of unbranched alkanes of at least 4 members (excludes halogenated alkanes) is 2. The molecule has 26 heavy (non-hydrogen) atoms. The fraction of sp³-hybridized carbons (Fsp3) is 0.545. The van der Waals surface area contributed by atoms with E-state index in [1.165, 1.54) is 29.7 Å². The molecular formula is C22H34N2O2. The largest absolute Gasteiger partial charge is 0.479 e. The normalized spacial score (nSPS) is 13.6. The van der Waals surface area contributed by atoms with Crippen molar-refractivity contribution in [3.05, 3.63) is 53.2 Å². The first-order valence-corrected chi connectivity index (χ1v) is 9.64. The van der Waals surface area contributed by atoms with Crippen LogP contribution in [0.5, 0.6) is 5.88 Å². The second-order valence-corrected chi connectivity index (χ2v) is 7.68. The van der Waals surface area contributed by atoms with Crippen molar-refractivity contribution in [1.82, 2.24) is 4.57 Å². The molecule has 1 heterocycles. The van der Waals surface area contributed by atoms with Crippen molar-refractivity contribution in [2.45, 2.75) is 57.9 Å². The van der Waals surface area contributed by atoms with Crippen LogP contribution < -0.4 is 10.5 Å². The summed E-state index contributed by atoms with van der Waals surface area (Å²) in [5.41, 5.74) is 9.40. The third-order valence-corrected chi connectivity index (χ3v) is 4.97. The second-order valence-electron chi connectivity index (χ2n) is 7.68. The molecular weight excluding hydrogens is 324 g/mol. The highest BCUT2D eigenvalue weighted by Crippen LogP contribution is 2.19. The van der Waals surface area contributed by atoms with Gasteiger partial charge < -0.3 is 20.1 Å². The summed E-state index contributed by atoms with van der Waals surface area (Å²) in [5, 5.41) is 9.26. The van der Waals surface area contributed by atoms with Gasteiger partial charge in [-0.2, -0.15) is 0 Å². The Labute approximate surface area is 158 Å². The van der Waals surface area contributed by atoms with Gasteiger partial charge in [0.1, 0.15) is 0 Å². The number of benzene rings is 1. The zero-order valence-electron chi connectivity index (χ0n) is 16.5. The summed E-state index contributed by atoms with van der Waals surface area (Å²) < 4.78 is 8.01. The van der Waals surface area contributed by atoms with E-state index < -0.39 is 5.54 Å². The molecule has 0 spiro atoms. The predicted octanol–water partition coefficient (Wildman–Crippen LogP) is 3.77. The summed E-state index contributed by atoms with van der Waals surface area (Å²) in [7, 11) is 2.02. The van der Waals surface area contributed by atoms with Gasteiger partial charge in [-0.15, -0.1) is 0 Å². The van der Waals surface area contributed by atoms with Gasteiger partial charge in [-0.25, -0.2) is 0 Å². The maximum absolute atomic E-state index is 9.26. The highest BCUT2D eigenvalue weighted by molar-refractivity contribution is 5.22. The zero-order valence-corrected chi connectivity index (χ0v) is 16.5. The Bertz CT molecular complexity index is 659. The number of nitrogens with two attached hydrogens (primary N) is 1. The molecule has 0 radical (unpaired) electrons. The SMILES string of the molecule is Cc1ccc(CCCCCOc2ccc(CCC(C)(N)CO)n2C)cc1. The maximum atomic E-state index is 9.26. The summed E-state index contributed by atoms with van der Waals surface area (Å²) in [6.45, 7) is 4.75. The first-order chi connectivity index (χ1) is 12.4. The molecule has 4 heteroatoms. The van der Waals surface area contributed by atoms with Crippen molar-refractivity contribution < 1.29 is 9.84 Å². The van der Waals surface area contributed by atoms with Crippen LogP contribution in [-0.2, 0) is 19.9 Å². The number of aromatic nitrogens is 1. The van der Waals surface area contributed by atoms with Crippen LogP contribution in [0.1, 0.15) is 49.4 Å². The summed E-state index contributed by atoms with van der Waals surface area (Å²) in [4.78, 5) is 0. The Kier molecular flexibility index (Phi) is 7.73. The van der Waals surface area contributed by atoms with Crippen LogP contribution in [0.15, 0.2) is 36.4 Å². The van der Waals surface area contributed by atoms with Gasteiger partial charge in [-0.05, 0) is 64.0 Å². The van der Waals surface area contributed by atoms with Crippen molar-refractivity contribution in [1.29, 1.82) is 0 Å². The third-order valence-electron chi connectivity index (χ3n) is 4.97. The minimum absolute atomic E-state index is 0.00334. The van der Waals surface area contributed by atoms with Crippen molar-refractivity contribution in [2.75, 3.05) is 13.2 Å². The number of rotatable bonds is 11. The van der Waals surface area contributed by atoms with Gasteiger partial charge in [0, 0.05) is 24.3 Å². The number of aliphatic hydroxyl groups excluding tert-OH is 1. The molecule has 0 aliphatic rings. The van der Waals surface area contributed by atoms with Gasteiger partial charge in [-0.1, -0.05) is 29.8 Å². The summed E-state index contributed by atoms with van der Waals surface area (Å²) in [6.07, 6.45) is 6.16. The van der Waals surface area contributed by atoms with E-state index in [0.717, 1.165) is 38.2 Å². The Morgan fingerprint density at radius 3 is 2.46 bits per heavy atom. The standard InChI is InChI=1S/C22H34N2O2/c1-18-8-10-19(11-9-18)7-5-4-6-16-26-21-13-12-20(24(21)3)14-15-22(2,23)17-25/h8-13,25H,4-7,14-17,23H2,1-3H3. The van der Waals surface area contributed by atoms with Gasteiger partial charge >= 0.3 is 0 Å². The van der Waals surface area contributed by atoms with Crippen LogP contribution in [-0.4, -0.2) is 28.4 Å². The molecule has 2 aromatic rings. The fourth-order valence-corrected chi connectivity index (χ4v) is 2.96. The van der Waals surface area contributed by atoms with Crippen LogP contribution in [0.3, 0.4) is 0 Å². The molecule has 4 nitrogen and oxygen atoms in total. The first-order valence-electron chi connectivity index (χ1n) is 9.64. The number of hydrogen-bond donors (Lipinski definition) is 2. The van der Waals surface area contributed by atoms with Crippen molar-refractivity contribution in [2.24, 2.45) is 12.8 Å². The molecule has 0 aliphatic heterocycles. The molecule has 2 rings (SSSR count). The highest BCUT2D eigenvalue weighted by Gasteiger charge is 2.17. The van der Waals surface area contributed by atoms with Crippen molar-refractivity contribution in [3.8, 4) is 5.88 Å². The number of aryl methyl sites for hydroxylation is 3. The molecule has 0 fully saturated rings. The van der Waals surface area contributed by atoms with Crippen molar-refractivity contribution >= 4 is 0 Å². The summed E-state index contributed by atoms with van der Waals surface area (Å²) in [5.74, 6) is 0.904. The maximum Gasteiger partial charge on any atom is 0.193 e. The van der Waals surface area contributed by atoms with E-state index in [1.54, 1.807) is 0 Å². The minimum Gasteiger partial charge on any atom is -0.479 e. The Morgan fingerprint density at radius 2 is 1.77 bits per heavy atom. The monoisotopic (exact) mass is 358 g/mol. The summed E-state index contributed by atoms with van der Waals surface area (Å²) in [6, 6.07) is 12.9. The zero-order chi connectivity index (χ0) is 19.0. The molecule has 0 bridgehead atoms. The van der Waals surface area contributed by atoms with Gasteiger partial charge in [0.25, 0.3) is 0 Å². The molecule has 144 valence electrons. The lowest BCUT2D eigenvalue weighted by Crippen LogP contribution is -2.40. The van der Waals surface area contributed by atoms with Crippen LogP contribution in [0, 0.1) is 6.92 Å². The lowest BCUT2D eigenvalue weighted by molar-refractivity contribution is 0.200. The fourth-order valence-electron chi connectivity index (χ4n) is 2.96. The smallest absolute Gasteiger partial charge is 0.193 e. The summed E-state index contributed by atoms with van der Waals surface area (Å²) >= 11 is 0. The lowest BCUT2D eigenvalue weighted by atomic mass is 9.97. The quantitative estimate of drug-likeness (QED) is 0.601. The minimum atomic E-state index is -0.525. The molecule has 0 saturated carbocycles. The van der Waals surface area contributed by atoms with E-state index in [9.17, 15) is 5.11 Å². The highest BCUT2D eigenvalue weighted by atomic mass is 16.5. The van der Waals surface area contributed by atoms with E-state index in [2.05, 4.69) is 41.8 Å². The Morgan fingerprint density at radius 1 is 1.04 bits per heavy atom. The molecule has 0 aliphatic carbocycles. The molecule has 1 aromatic carbocycles. The topological polar surface area (TPSA) is 60.4 Å². The van der Waals surface area contributed by atoms with Crippen LogP contribution in [0.4, 0.5) is 0 Å². The van der Waals surface area contributed by atoms with Crippen LogP contribution >= 0.6 is 0 Å². The predicted molar refractivity (Wildman–Crippen MR) is 108 cm³/mol. The van der Waals surface area contributed by atoms with Gasteiger partial charge in [0.2, 0.25) is 0 Å². The van der Waals surface area contributed by atoms with E-state index >= 15 is 0 Å². The molecule has 3 N–H and O–H groups in total. The van der Waals surface area contributed by atoms with Crippen LogP contribution in [0.2, 0.25) is 0 Å². The molecule has 1 aromatic heterocycles. The average Bonchev–Trinajstić information content (AvgIpc) is 2.98. The molecule has 1 unspecified atom stereocenters. The molecule has 1 atom stereocenters. The number of aliphatic hydroxyl groups is 1. The van der Waals surface area contributed by atoms with Gasteiger partial charge in [0.15, 0.2) is 5.88 Å². The first kappa shape index (κ1) is 20.5. The number of ether oxygens (including phenoxy) is 1. The Balaban J connectivity index is 1.66. The van der Waals surface area contributed by atoms with E-state index in [1.807, 2.05) is 20.0 Å². The number of nitrogens with zero attached hydrogens (tertiary/aromatic N) is 1. The van der Waals surface area contributed by atoms with Gasteiger partial charge in [-0.3, -0.25) is 0 Å².